The first kappa shape index (κ1) is 16.9. The Balaban J connectivity index is 2.10. The molecule has 1 aliphatic heterocycles. The highest BCUT2D eigenvalue weighted by Crippen LogP contribution is 2.67. The van der Waals surface area contributed by atoms with Gasteiger partial charge in [0, 0.05) is 22.5 Å². The minimum absolute atomic E-state index is 0.225. The molecule has 0 aromatic carbocycles. The summed E-state index contributed by atoms with van der Waals surface area (Å²) >= 11 is 0. The number of rotatable bonds is 3. The van der Waals surface area contributed by atoms with Crippen LogP contribution in [0.4, 0.5) is 0 Å². The van der Waals surface area contributed by atoms with E-state index in [1.54, 1.807) is 0 Å². The molecule has 1 heterocycles. The van der Waals surface area contributed by atoms with Crippen LogP contribution < -0.4 is 0 Å². The molecule has 0 N–H and O–H groups in total. The number of esters is 1. The fraction of sp³-hybridized carbons (Fsp3) is 0.632. The molecule has 2 atom stereocenters. The van der Waals surface area contributed by atoms with Gasteiger partial charge in [-0.1, -0.05) is 25.5 Å². The van der Waals surface area contributed by atoms with E-state index in [4.69, 9.17) is 4.74 Å². The van der Waals surface area contributed by atoms with Crippen LogP contribution in [0.2, 0.25) is 0 Å². The van der Waals surface area contributed by atoms with E-state index in [1.807, 2.05) is 33.8 Å². The van der Waals surface area contributed by atoms with Crippen LogP contribution in [-0.4, -0.2) is 35.3 Å². The second-order valence-corrected chi connectivity index (χ2v) is 7.81. The van der Waals surface area contributed by atoms with Gasteiger partial charge in [0.25, 0.3) is 11.8 Å². The number of allylic oxidation sites excluding steroid dienone is 1. The van der Waals surface area contributed by atoms with E-state index in [0.29, 0.717) is 24.0 Å². The van der Waals surface area contributed by atoms with Crippen LogP contribution in [0.3, 0.4) is 0 Å². The summed E-state index contributed by atoms with van der Waals surface area (Å²) in [4.78, 5) is 40.0. The number of amides is 2. The zero-order chi connectivity index (χ0) is 17.9. The van der Waals surface area contributed by atoms with Gasteiger partial charge in [0.15, 0.2) is 5.54 Å². The zero-order valence-electron chi connectivity index (χ0n) is 15.1. The summed E-state index contributed by atoms with van der Waals surface area (Å²) in [5.74, 6) is -1.32. The van der Waals surface area contributed by atoms with Crippen molar-refractivity contribution in [3.8, 4) is 0 Å². The maximum absolute atomic E-state index is 13.0. The summed E-state index contributed by atoms with van der Waals surface area (Å²) in [6, 6.07) is 0. The lowest BCUT2D eigenvalue weighted by Gasteiger charge is -2.28. The van der Waals surface area contributed by atoms with Crippen molar-refractivity contribution < 1.29 is 19.1 Å². The summed E-state index contributed by atoms with van der Waals surface area (Å²) in [7, 11) is 1.32. The molecule has 0 aromatic heterocycles. The lowest BCUT2D eigenvalue weighted by molar-refractivity contribution is -0.160. The largest absolute Gasteiger partial charge is 0.467 e. The van der Waals surface area contributed by atoms with Gasteiger partial charge in [0.05, 0.1) is 7.11 Å². The minimum Gasteiger partial charge on any atom is -0.467 e. The van der Waals surface area contributed by atoms with E-state index in [-0.39, 0.29) is 17.7 Å². The monoisotopic (exact) mass is 331 g/mol. The molecule has 1 fully saturated rings. The van der Waals surface area contributed by atoms with Crippen LogP contribution in [0, 0.1) is 11.3 Å². The molecule has 2 unspecified atom stereocenters. The molecule has 0 aromatic rings. The molecular weight excluding hydrogens is 306 g/mol. The Morgan fingerprint density at radius 3 is 2.04 bits per heavy atom. The summed E-state index contributed by atoms with van der Waals surface area (Å²) < 4.78 is 5.05. The van der Waals surface area contributed by atoms with Gasteiger partial charge in [-0.15, -0.1) is 0 Å². The number of hydrogen-bond acceptors (Lipinski definition) is 4. The van der Waals surface area contributed by atoms with E-state index in [1.165, 1.54) is 12.0 Å². The molecule has 5 nitrogen and oxygen atoms in total. The SMILES string of the molecule is COC(=O)C1(N2C(=O)C3=C(CCCC3)C2=O)C(C=C(C)C)C1(C)C. The van der Waals surface area contributed by atoms with Crippen molar-refractivity contribution in [2.75, 3.05) is 7.11 Å². The molecule has 0 saturated heterocycles. The van der Waals surface area contributed by atoms with E-state index < -0.39 is 16.9 Å². The van der Waals surface area contributed by atoms with Gasteiger partial charge in [0.2, 0.25) is 0 Å². The normalized spacial score (nSPS) is 31.0. The first-order chi connectivity index (χ1) is 11.2. The molecule has 24 heavy (non-hydrogen) atoms. The van der Waals surface area contributed by atoms with Crippen LogP contribution in [0.25, 0.3) is 0 Å². The number of imide groups is 1. The van der Waals surface area contributed by atoms with Gasteiger partial charge in [-0.3, -0.25) is 14.5 Å². The third-order valence-corrected chi connectivity index (χ3v) is 5.87. The zero-order valence-corrected chi connectivity index (χ0v) is 15.1. The summed E-state index contributed by atoms with van der Waals surface area (Å²) in [6.45, 7) is 7.75. The number of methoxy groups -OCH3 is 1. The van der Waals surface area contributed by atoms with Crippen LogP contribution in [0.15, 0.2) is 22.8 Å². The topological polar surface area (TPSA) is 63.7 Å². The van der Waals surface area contributed by atoms with Crippen molar-refractivity contribution in [2.24, 2.45) is 11.3 Å². The fourth-order valence-corrected chi connectivity index (χ4v) is 4.57. The van der Waals surface area contributed by atoms with Crippen molar-refractivity contribution >= 4 is 17.8 Å². The number of carbonyl (C=O) groups is 3. The van der Waals surface area contributed by atoms with Crippen molar-refractivity contribution in [2.45, 2.75) is 58.9 Å². The molecule has 5 heteroatoms. The van der Waals surface area contributed by atoms with Gasteiger partial charge in [-0.25, -0.2) is 4.79 Å². The van der Waals surface area contributed by atoms with Gasteiger partial charge in [-0.05, 0) is 39.5 Å². The van der Waals surface area contributed by atoms with Crippen LogP contribution in [0.1, 0.15) is 53.4 Å². The number of carbonyl (C=O) groups excluding carboxylic acids is 3. The highest BCUT2D eigenvalue weighted by molar-refractivity contribution is 6.22. The molecule has 1 saturated carbocycles. The molecule has 2 aliphatic carbocycles. The Labute approximate surface area is 142 Å². The number of hydrogen-bond donors (Lipinski definition) is 0. The maximum atomic E-state index is 13.0. The smallest absolute Gasteiger partial charge is 0.333 e. The quantitative estimate of drug-likeness (QED) is 0.453. The first-order valence-electron chi connectivity index (χ1n) is 8.55. The van der Waals surface area contributed by atoms with E-state index in [2.05, 4.69) is 0 Å². The molecule has 0 radical (unpaired) electrons. The van der Waals surface area contributed by atoms with E-state index in [0.717, 1.165) is 18.4 Å². The first-order valence-corrected chi connectivity index (χ1v) is 8.55. The standard InChI is InChI=1S/C19H25NO4/c1-11(2)10-14-18(3,4)19(14,17(23)24-5)20-15(21)12-8-6-7-9-13(12)16(20)22/h10,14H,6-9H2,1-5H3. The maximum Gasteiger partial charge on any atom is 0.333 e. The van der Waals surface area contributed by atoms with E-state index >= 15 is 0 Å². The highest BCUT2D eigenvalue weighted by Gasteiger charge is 2.81. The molecular formula is C19H25NO4. The third kappa shape index (κ3) is 1.90. The molecule has 0 bridgehead atoms. The van der Waals surface area contributed by atoms with Crippen LogP contribution in [0.5, 0.6) is 0 Å². The average Bonchev–Trinajstić information content (AvgIpc) is 2.88. The summed E-state index contributed by atoms with van der Waals surface area (Å²) in [5.41, 5.74) is 0.485. The Kier molecular flexibility index (Phi) is 3.74. The molecule has 2 amide bonds. The van der Waals surface area contributed by atoms with Crippen molar-refractivity contribution in [1.29, 1.82) is 0 Å². The lowest BCUT2D eigenvalue weighted by atomic mass is 9.93. The molecule has 3 rings (SSSR count). The molecule has 0 spiro atoms. The second-order valence-electron chi connectivity index (χ2n) is 7.81. The van der Waals surface area contributed by atoms with Gasteiger partial charge >= 0.3 is 5.97 Å². The average molecular weight is 331 g/mol. The summed E-state index contributed by atoms with van der Waals surface area (Å²) in [6.07, 6.45) is 5.06. The molecule has 130 valence electrons. The Morgan fingerprint density at radius 2 is 1.62 bits per heavy atom. The van der Waals surface area contributed by atoms with Crippen LogP contribution >= 0.6 is 0 Å². The predicted octanol–water partition coefficient (Wildman–Crippen LogP) is 2.76. The van der Waals surface area contributed by atoms with E-state index in [9.17, 15) is 14.4 Å². The van der Waals surface area contributed by atoms with Crippen molar-refractivity contribution in [1.82, 2.24) is 4.90 Å². The van der Waals surface area contributed by atoms with Crippen molar-refractivity contribution in [3.63, 3.8) is 0 Å². The Hall–Kier alpha value is -1.91. The Morgan fingerprint density at radius 1 is 1.12 bits per heavy atom. The summed E-state index contributed by atoms with van der Waals surface area (Å²) in [5, 5.41) is 0. The number of nitrogens with zero attached hydrogens (tertiary/aromatic N) is 1. The van der Waals surface area contributed by atoms with Gasteiger partial charge < -0.3 is 4.74 Å². The minimum atomic E-state index is -1.23. The van der Waals surface area contributed by atoms with Crippen molar-refractivity contribution in [3.05, 3.63) is 22.8 Å². The Bertz CT molecular complexity index is 668. The molecule has 3 aliphatic rings. The highest BCUT2D eigenvalue weighted by atomic mass is 16.5. The van der Waals surface area contributed by atoms with Gasteiger partial charge in [0.1, 0.15) is 0 Å². The van der Waals surface area contributed by atoms with Gasteiger partial charge in [-0.2, -0.15) is 0 Å². The third-order valence-electron chi connectivity index (χ3n) is 5.87. The lowest BCUT2D eigenvalue weighted by Crippen LogP contribution is -2.52. The predicted molar refractivity (Wildman–Crippen MR) is 88.8 cm³/mol. The fourth-order valence-electron chi connectivity index (χ4n) is 4.57. The van der Waals surface area contributed by atoms with Crippen LogP contribution in [-0.2, 0) is 19.1 Å². The second kappa shape index (κ2) is 5.30. The number of ether oxygens (including phenoxy) is 1.